The Bertz CT molecular complexity index is 407. The van der Waals surface area contributed by atoms with E-state index in [-0.39, 0.29) is 5.91 Å². The van der Waals surface area contributed by atoms with Gasteiger partial charge in [0.1, 0.15) is 0 Å². The topological polar surface area (TPSA) is 20.3 Å². The lowest BCUT2D eigenvalue weighted by atomic mass is 10.1. The average Bonchev–Trinajstić information content (AvgIpc) is 2.38. The van der Waals surface area contributed by atoms with Crippen LogP contribution in [0, 0.1) is 0 Å². The number of benzene rings is 1. The molecule has 0 aliphatic rings. The molecule has 0 aromatic heterocycles. The monoisotopic (exact) mass is 227 g/mol. The van der Waals surface area contributed by atoms with Crippen molar-refractivity contribution in [1.29, 1.82) is 0 Å². The Morgan fingerprint density at radius 3 is 2.00 bits per heavy atom. The molecule has 0 radical (unpaired) electrons. The Labute approximate surface area is 103 Å². The summed E-state index contributed by atoms with van der Waals surface area (Å²) in [6.07, 6.45) is 5.17. The third kappa shape index (κ3) is 3.45. The summed E-state index contributed by atoms with van der Waals surface area (Å²) < 4.78 is 0. The molecule has 0 bridgehead atoms. The van der Waals surface area contributed by atoms with Crippen molar-refractivity contribution in [2.75, 3.05) is 13.1 Å². The molecule has 0 heterocycles. The van der Waals surface area contributed by atoms with Gasteiger partial charge in [0.2, 0.25) is 0 Å². The lowest BCUT2D eigenvalue weighted by Crippen LogP contribution is -2.31. The van der Waals surface area contributed by atoms with Gasteiger partial charge in [-0.3, -0.25) is 4.79 Å². The summed E-state index contributed by atoms with van der Waals surface area (Å²) in [7, 11) is 0. The Morgan fingerprint density at radius 1 is 1.06 bits per heavy atom. The highest BCUT2D eigenvalue weighted by Crippen LogP contribution is 2.08. The van der Waals surface area contributed by atoms with Crippen molar-refractivity contribution in [3.63, 3.8) is 0 Å². The van der Waals surface area contributed by atoms with E-state index < -0.39 is 0 Å². The molecular weight excluding hydrogens is 210 g/mol. The van der Waals surface area contributed by atoms with Gasteiger partial charge in [0.15, 0.2) is 0 Å². The Kier molecular flexibility index (Phi) is 4.95. The van der Waals surface area contributed by atoms with Crippen LogP contribution in [0.25, 0.3) is 6.08 Å². The van der Waals surface area contributed by atoms with E-state index in [1.807, 2.05) is 12.1 Å². The van der Waals surface area contributed by atoms with Gasteiger partial charge in [0.05, 0.1) is 0 Å². The molecule has 2 nitrogen and oxygen atoms in total. The second-order valence-electron chi connectivity index (χ2n) is 3.61. The maximum Gasteiger partial charge on any atom is 0.254 e. The molecule has 0 aliphatic carbocycles. The number of nitrogens with zero attached hydrogens (tertiary/aromatic N) is 1. The van der Waals surface area contributed by atoms with E-state index in [4.69, 9.17) is 0 Å². The van der Waals surface area contributed by atoms with Gasteiger partial charge in [-0.25, -0.2) is 0 Å². The average molecular weight is 227 g/mol. The largest absolute Gasteiger partial charge is 0.331 e. The van der Waals surface area contributed by atoms with Crippen LogP contribution in [0.2, 0.25) is 0 Å². The first-order chi connectivity index (χ1) is 8.22. The van der Waals surface area contributed by atoms with E-state index in [2.05, 4.69) is 19.7 Å². The number of amides is 1. The molecular formula is C15H17NO. The number of carbonyl (C=O) groups excluding carboxylic acids is 1. The molecule has 0 aliphatic heterocycles. The molecule has 0 N–H and O–H groups in total. The lowest BCUT2D eigenvalue weighted by molar-refractivity contribution is 0.0791. The van der Waals surface area contributed by atoms with Crippen LogP contribution in [-0.2, 0) is 0 Å². The smallest absolute Gasteiger partial charge is 0.254 e. The fraction of sp³-hybridized carbons (Fsp3) is 0.133. The zero-order valence-electron chi connectivity index (χ0n) is 9.93. The molecule has 0 unspecified atom stereocenters. The molecule has 2 heteroatoms. The van der Waals surface area contributed by atoms with Gasteiger partial charge in [-0.2, -0.15) is 0 Å². The van der Waals surface area contributed by atoms with Crippen LogP contribution in [0.4, 0.5) is 0 Å². The zero-order chi connectivity index (χ0) is 12.7. The molecule has 1 aromatic carbocycles. The van der Waals surface area contributed by atoms with E-state index in [1.165, 1.54) is 0 Å². The van der Waals surface area contributed by atoms with Crippen molar-refractivity contribution < 1.29 is 4.79 Å². The maximum atomic E-state index is 12.1. The van der Waals surface area contributed by atoms with Gasteiger partial charge in [0.25, 0.3) is 5.91 Å². The minimum Gasteiger partial charge on any atom is -0.331 e. The zero-order valence-corrected chi connectivity index (χ0v) is 9.93. The van der Waals surface area contributed by atoms with Gasteiger partial charge in [-0.1, -0.05) is 36.9 Å². The van der Waals surface area contributed by atoms with Crippen LogP contribution in [0.1, 0.15) is 15.9 Å². The summed E-state index contributed by atoms with van der Waals surface area (Å²) in [6, 6.07) is 7.36. The Hall–Kier alpha value is -2.09. The van der Waals surface area contributed by atoms with E-state index in [9.17, 15) is 4.79 Å². The quantitative estimate of drug-likeness (QED) is 0.684. The SMILES string of the molecule is C=CCN(CC=C)C(=O)c1ccc(C=C)cc1. The number of hydrogen-bond acceptors (Lipinski definition) is 1. The van der Waals surface area contributed by atoms with Crippen molar-refractivity contribution in [2.24, 2.45) is 0 Å². The molecule has 0 spiro atoms. The number of rotatable bonds is 6. The third-order valence-electron chi connectivity index (χ3n) is 2.38. The van der Waals surface area contributed by atoms with E-state index in [0.717, 1.165) is 5.56 Å². The minimum atomic E-state index is -0.0135. The van der Waals surface area contributed by atoms with Crippen molar-refractivity contribution >= 4 is 12.0 Å². The van der Waals surface area contributed by atoms with Crippen LogP contribution in [0.3, 0.4) is 0 Å². The second kappa shape index (κ2) is 6.48. The van der Waals surface area contributed by atoms with Crippen molar-refractivity contribution in [3.05, 3.63) is 67.3 Å². The first-order valence-electron chi connectivity index (χ1n) is 5.46. The van der Waals surface area contributed by atoms with Crippen molar-refractivity contribution in [1.82, 2.24) is 4.90 Å². The van der Waals surface area contributed by atoms with Gasteiger partial charge in [-0.15, -0.1) is 13.2 Å². The van der Waals surface area contributed by atoms with E-state index in [0.29, 0.717) is 18.7 Å². The fourth-order valence-electron chi connectivity index (χ4n) is 1.50. The first-order valence-corrected chi connectivity index (χ1v) is 5.46. The highest BCUT2D eigenvalue weighted by Gasteiger charge is 2.12. The second-order valence-corrected chi connectivity index (χ2v) is 3.61. The van der Waals surface area contributed by atoms with Crippen LogP contribution in [-0.4, -0.2) is 23.9 Å². The molecule has 0 saturated carbocycles. The van der Waals surface area contributed by atoms with Crippen molar-refractivity contribution in [3.8, 4) is 0 Å². The fourth-order valence-corrected chi connectivity index (χ4v) is 1.50. The summed E-state index contributed by atoms with van der Waals surface area (Å²) in [5.41, 5.74) is 1.67. The molecule has 88 valence electrons. The van der Waals surface area contributed by atoms with E-state index >= 15 is 0 Å². The Balaban J connectivity index is 2.87. The van der Waals surface area contributed by atoms with Crippen LogP contribution >= 0.6 is 0 Å². The summed E-state index contributed by atoms with van der Waals surface area (Å²) in [6.45, 7) is 12.0. The maximum absolute atomic E-state index is 12.1. The summed E-state index contributed by atoms with van der Waals surface area (Å²) in [5, 5.41) is 0. The summed E-state index contributed by atoms with van der Waals surface area (Å²) in [5.74, 6) is -0.0135. The predicted octanol–water partition coefficient (Wildman–Crippen LogP) is 3.14. The van der Waals surface area contributed by atoms with Gasteiger partial charge < -0.3 is 4.90 Å². The highest BCUT2D eigenvalue weighted by atomic mass is 16.2. The lowest BCUT2D eigenvalue weighted by Gasteiger charge is -2.19. The van der Waals surface area contributed by atoms with Crippen molar-refractivity contribution in [2.45, 2.75) is 0 Å². The standard InChI is InChI=1S/C15H17NO/c1-4-11-16(12-5-2)15(17)14-9-7-13(6-3)8-10-14/h4-10H,1-3,11-12H2. The highest BCUT2D eigenvalue weighted by molar-refractivity contribution is 5.94. The third-order valence-corrected chi connectivity index (χ3v) is 2.38. The van der Waals surface area contributed by atoms with E-state index in [1.54, 1.807) is 35.3 Å². The van der Waals surface area contributed by atoms with Crippen LogP contribution in [0.15, 0.2) is 56.2 Å². The first kappa shape index (κ1) is 13.0. The molecule has 17 heavy (non-hydrogen) atoms. The molecule has 1 aromatic rings. The molecule has 0 atom stereocenters. The summed E-state index contributed by atoms with van der Waals surface area (Å²) >= 11 is 0. The minimum absolute atomic E-state index is 0.0135. The number of hydrogen-bond donors (Lipinski definition) is 0. The summed E-state index contributed by atoms with van der Waals surface area (Å²) in [4.78, 5) is 13.8. The molecule has 0 saturated heterocycles. The molecule has 1 amide bonds. The Morgan fingerprint density at radius 2 is 1.59 bits per heavy atom. The number of carbonyl (C=O) groups is 1. The predicted molar refractivity (Wildman–Crippen MR) is 72.8 cm³/mol. The van der Waals surface area contributed by atoms with Gasteiger partial charge in [-0.05, 0) is 17.7 Å². The van der Waals surface area contributed by atoms with Crippen LogP contribution < -0.4 is 0 Å². The van der Waals surface area contributed by atoms with Gasteiger partial charge >= 0.3 is 0 Å². The van der Waals surface area contributed by atoms with Crippen LogP contribution in [0.5, 0.6) is 0 Å². The normalized spacial score (nSPS) is 9.41. The van der Waals surface area contributed by atoms with Gasteiger partial charge in [0, 0.05) is 18.7 Å². The molecule has 1 rings (SSSR count). The molecule has 0 fully saturated rings.